The predicted molar refractivity (Wildman–Crippen MR) is 293 cm³/mol. The van der Waals surface area contributed by atoms with Crippen LogP contribution in [0.4, 0.5) is 0 Å². The topological polar surface area (TPSA) is 73.6 Å². The molecule has 7 heteroatoms. The summed E-state index contributed by atoms with van der Waals surface area (Å²) in [4.78, 5) is 10.8. The summed E-state index contributed by atoms with van der Waals surface area (Å²) < 4.78 is 13.8. The van der Waals surface area contributed by atoms with Gasteiger partial charge in [0.25, 0.3) is 0 Å². The lowest BCUT2D eigenvalue weighted by atomic mass is 9.66. The summed E-state index contributed by atoms with van der Waals surface area (Å²) in [6.07, 6.45) is 4.00. The van der Waals surface area contributed by atoms with E-state index in [-0.39, 0.29) is 0 Å². The lowest BCUT2D eigenvalue weighted by Gasteiger charge is -2.39. The number of nitriles is 1. The Kier molecular flexibility index (Phi) is 8.04. The van der Waals surface area contributed by atoms with Crippen molar-refractivity contribution in [3.05, 3.63) is 259 Å². The second-order valence-corrected chi connectivity index (χ2v) is 19.2. The van der Waals surface area contributed by atoms with Gasteiger partial charge >= 0.3 is 0 Å². The zero-order valence-corrected chi connectivity index (χ0v) is 39.0. The molecule has 0 amide bonds. The molecule has 16 rings (SSSR count). The highest BCUT2D eigenvalue weighted by Crippen LogP contribution is 2.62. The molecule has 338 valence electrons. The lowest BCUT2D eigenvalue weighted by molar-refractivity contribution is 0.436. The van der Waals surface area contributed by atoms with Gasteiger partial charge in [0.05, 0.1) is 73.4 Å². The molecule has 1 spiro atoms. The maximum absolute atomic E-state index is 10.2. The standard InChI is InChI=1S/C66H38N6O/c67-37-40-28-30-60-50(32-40)51-33-41(29-31-61(51)71(60)44-15-13-14-43(35-44)70-56-22-7-1-16-46(56)47-17-2-8-23-57(47)70)42-34-54-64(68-38-42)65-55(66(54)52-20-5-11-26-62(52)73-63-27-12-6-21-53(63)66)36-45(39-69-65)72-58-24-9-3-18-48(58)49-19-4-10-25-59(49)72/h1-36,38-39H. The minimum atomic E-state index is -0.815. The Morgan fingerprint density at radius 2 is 0.822 bits per heavy atom. The van der Waals surface area contributed by atoms with E-state index in [2.05, 4.69) is 214 Å². The molecule has 0 saturated heterocycles. The third-order valence-electron chi connectivity index (χ3n) is 15.6. The van der Waals surface area contributed by atoms with E-state index in [4.69, 9.17) is 14.7 Å². The zero-order chi connectivity index (χ0) is 47.9. The van der Waals surface area contributed by atoms with E-state index in [0.717, 1.165) is 117 Å². The van der Waals surface area contributed by atoms with Crippen molar-refractivity contribution in [2.45, 2.75) is 5.41 Å². The van der Waals surface area contributed by atoms with Crippen molar-refractivity contribution in [2.24, 2.45) is 0 Å². The number of benzene rings is 9. The van der Waals surface area contributed by atoms with E-state index in [9.17, 15) is 5.26 Å². The Balaban J connectivity index is 0.906. The van der Waals surface area contributed by atoms with Crippen LogP contribution in [0.15, 0.2) is 231 Å². The van der Waals surface area contributed by atoms with Gasteiger partial charge < -0.3 is 18.4 Å². The number of nitrogens with zero attached hydrogens (tertiary/aromatic N) is 6. The molecule has 5 aromatic heterocycles. The summed E-state index contributed by atoms with van der Waals surface area (Å²) in [7, 11) is 0. The summed E-state index contributed by atoms with van der Waals surface area (Å²) in [5.74, 6) is 1.61. The number of aromatic nitrogens is 5. The molecule has 0 radical (unpaired) electrons. The Hall–Kier alpha value is -10.0. The minimum Gasteiger partial charge on any atom is -0.457 e. The molecule has 73 heavy (non-hydrogen) atoms. The normalized spacial score (nSPS) is 13.1. The molecule has 2 aliphatic rings. The van der Waals surface area contributed by atoms with Gasteiger partial charge in [0.2, 0.25) is 0 Å². The molecule has 0 fully saturated rings. The summed E-state index contributed by atoms with van der Waals surface area (Å²) in [6.45, 7) is 0. The Morgan fingerprint density at radius 1 is 0.356 bits per heavy atom. The van der Waals surface area contributed by atoms with Crippen molar-refractivity contribution in [1.29, 1.82) is 5.26 Å². The zero-order valence-electron chi connectivity index (χ0n) is 39.0. The molecule has 1 aliphatic carbocycles. The molecule has 6 heterocycles. The van der Waals surface area contributed by atoms with Crippen LogP contribution in [0.25, 0.3) is 105 Å². The molecule has 0 atom stereocenters. The van der Waals surface area contributed by atoms with Crippen LogP contribution in [0.2, 0.25) is 0 Å². The average Bonchev–Trinajstić information content (AvgIpc) is 4.17. The minimum absolute atomic E-state index is 0.611. The van der Waals surface area contributed by atoms with Gasteiger partial charge in [0.1, 0.15) is 11.5 Å². The third kappa shape index (κ3) is 5.36. The number of fused-ring (bicyclic) bond motifs is 18. The second kappa shape index (κ2) is 14.8. The van der Waals surface area contributed by atoms with E-state index in [1.807, 2.05) is 36.7 Å². The fourth-order valence-corrected chi connectivity index (χ4v) is 12.6. The Labute approximate surface area is 418 Å². The first-order chi connectivity index (χ1) is 36.2. The fourth-order valence-electron chi connectivity index (χ4n) is 12.6. The molecule has 9 aromatic carbocycles. The first-order valence-electron chi connectivity index (χ1n) is 24.6. The van der Waals surface area contributed by atoms with E-state index in [1.54, 1.807) is 0 Å². The fraction of sp³-hybridized carbons (Fsp3) is 0.0152. The van der Waals surface area contributed by atoms with Crippen LogP contribution in [0.1, 0.15) is 27.8 Å². The summed E-state index contributed by atoms with van der Waals surface area (Å²) in [6, 6.07) is 79.9. The van der Waals surface area contributed by atoms with Gasteiger partial charge in [0, 0.05) is 77.7 Å². The number of hydrogen-bond acceptors (Lipinski definition) is 4. The van der Waals surface area contributed by atoms with Crippen LogP contribution < -0.4 is 4.74 Å². The van der Waals surface area contributed by atoms with Gasteiger partial charge in [-0.3, -0.25) is 9.97 Å². The first kappa shape index (κ1) is 39.8. The van der Waals surface area contributed by atoms with Crippen molar-refractivity contribution in [3.8, 4) is 57.1 Å². The highest BCUT2D eigenvalue weighted by molar-refractivity contribution is 6.12. The number of pyridine rings is 2. The summed E-state index contributed by atoms with van der Waals surface area (Å²) in [5, 5.41) is 17.1. The van der Waals surface area contributed by atoms with Gasteiger partial charge in [-0.2, -0.15) is 5.26 Å². The van der Waals surface area contributed by atoms with E-state index in [1.165, 1.54) is 21.5 Å². The van der Waals surface area contributed by atoms with Gasteiger partial charge in [-0.05, 0) is 103 Å². The molecule has 14 aromatic rings. The number of ether oxygens (including phenoxy) is 1. The van der Waals surface area contributed by atoms with Crippen molar-refractivity contribution in [3.63, 3.8) is 0 Å². The van der Waals surface area contributed by atoms with Crippen LogP contribution in [-0.2, 0) is 5.41 Å². The van der Waals surface area contributed by atoms with Crippen LogP contribution in [0.3, 0.4) is 0 Å². The van der Waals surface area contributed by atoms with Crippen molar-refractivity contribution >= 4 is 65.4 Å². The van der Waals surface area contributed by atoms with Gasteiger partial charge in [-0.15, -0.1) is 0 Å². The molecular formula is C66H38N6O. The monoisotopic (exact) mass is 930 g/mol. The molecule has 0 saturated carbocycles. The maximum Gasteiger partial charge on any atom is 0.132 e. The van der Waals surface area contributed by atoms with Crippen LogP contribution in [-0.4, -0.2) is 23.7 Å². The molecule has 1 aliphatic heterocycles. The summed E-state index contributed by atoms with van der Waals surface area (Å²) >= 11 is 0. The third-order valence-corrected chi connectivity index (χ3v) is 15.6. The van der Waals surface area contributed by atoms with E-state index >= 15 is 0 Å². The smallest absolute Gasteiger partial charge is 0.132 e. The average molecular weight is 931 g/mol. The van der Waals surface area contributed by atoms with Crippen molar-refractivity contribution in [1.82, 2.24) is 23.7 Å². The Morgan fingerprint density at radius 3 is 1.40 bits per heavy atom. The molecule has 7 nitrogen and oxygen atoms in total. The van der Waals surface area contributed by atoms with Crippen molar-refractivity contribution < 1.29 is 4.74 Å². The van der Waals surface area contributed by atoms with Gasteiger partial charge in [0.15, 0.2) is 0 Å². The Bertz CT molecular complexity index is 4600. The summed E-state index contributed by atoms with van der Waals surface area (Å²) in [5.41, 5.74) is 17.4. The lowest BCUT2D eigenvalue weighted by Crippen LogP contribution is -2.32. The van der Waals surface area contributed by atoms with Gasteiger partial charge in [-0.1, -0.05) is 121 Å². The largest absolute Gasteiger partial charge is 0.457 e. The number of hydrogen-bond donors (Lipinski definition) is 0. The van der Waals surface area contributed by atoms with Gasteiger partial charge in [-0.25, -0.2) is 0 Å². The SMILES string of the molecule is N#Cc1ccc2c(c1)c1cc(-c3cnc4c(c3)C3(c5ccccc5Oc5ccccc53)c3cc(-n5c6ccccc6c6ccccc65)cnc3-4)ccc1n2-c1cccc(-n2c3ccccc3c3ccccc32)c1. The predicted octanol–water partition coefficient (Wildman–Crippen LogP) is 15.8. The second-order valence-electron chi connectivity index (χ2n) is 19.2. The first-order valence-corrected chi connectivity index (χ1v) is 24.6. The quantitative estimate of drug-likeness (QED) is 0.176. The molecule has 0 unspecified atom stereocenters. The highest BCUT2D eigenvalue weighted by atomic mass is 16.5. The molecule has 0 N–H and O–H groups in total. The van der Waals surface area contributed by atoms with Crippen LogP contribution in [0, 0.1) is 11.3 Å². The molecule has 0 bridgehead atoms. The van der Waals surface area contributed by atoms with E-state index in [0.29, 0.717) is 5.56 Å². The molecular weight excluding hydrogens is 893 g/mol. The number of rotatable bonds is 4. The van der Waals surface area contributed by atoms with Crippen LogP contribution in [0.5, 0.6) is 11.5 Å². The van der Waals surface area contributed by atoms with Crippen LogP contribution >= 0.6 is 0 Å². The highest BCUT2D eigenvalue weighted by Gasteiger charge is 2.53. The van der Waals surface area contributed by atoms with E-state index < -0.39 is 5.41 Å². The number of para-hydroxylation sites is 6. The maximum atomic E-state index is 10.2. The van der Waals surface area contributed by atoms with Crippen molar-refractivity contribution in [2.75, 3.05) is 0 Å².